The third kappa shape index (κ3) is 3.89. The van der Waals surface area contributed by atoms with E-state index >= 15 is 0 Å². The fourth-order valence-corrected chi connectivity index (χ4v) is 2.02. The van der Waals surface area contributed by atoms with Crippen LogP contribution in [-0.2, 0) is 14.3 Å². The molecule has 6 nitrogen and oxygen atoms in total. The third-order valence-corrected chi connectivity index (χ3v) is 2.88. The summed E-state index contributed by atoms with van der Waals surface area (Å²) >= 11 is 0. The fraction of sp³-hybridized carbons (Fsp3) is 0.571. The summed E-state index contributed by atoms with van der Waals surface area (Å²) in [6.07, 6.45) is 1.74. The molecule has 0 radical (unpaired) electrons. The molecule has 1 aliphatic rings. The van der Waals surface area contributed by atoms with Crippen molar-refractivity contribution in [3.63, 3.8) is 0 Å². The Kier molecular flexibility index (Phi) is 4.43. The van der Waals surface area contributed by atoms with Crippen LogP contribution in [0.2, 0.25) is 0 Å². The van der Waals surface area contributed by atoms with Crippen LogP contribution >= 0.6 is 0 Å². The maximum Gasteiger partial charge on any atom is 0.435 e. The van der Waals surface area contributed by atoms with Crippen molar-refractivity contribution in [2.24, 2.45) is 0 Å². The molecule has 0 saturated carbocycles. The van der Waals surface area contributed by atoms with Gasteiger partial charge in [-0.05, 0) is 32.4 Å². The average Bonchev–Trinajstić information content (AvgIpc) is 2.81. The second-order valence-electron chi connectivity index (χ2n) is 5.76. The number of methoxy groups -OCH3 is 1. The normalized spacial score (nSPS) is 22.4. The van der Waals surface area contributed by atoms with Gasteiger partial charge in [-0.2, -0.15) is 5.06 Å². The van der Waals surface area contributed by atoms with E-state index in [1.54, 1.807) is 20.8 Å². The van der Waals surface area contributed by atoms with Crippen LogP contribution in [0.15, 0.2) is 18.5 Å². The highest BCUT2D eigenvalue weighted by molar-refractivity contribution is 5.67. The van der Waals surface area contributed by atoms with Gasteiger partial charge in [0.25, 0.3) is 0 Å². The Hall–Kier alpha value is -1.73. The molecule has 1 fully saturated rings. The van der Waals surface area contributed by atoms with E-state index < -0.39 is 29.8 Å². The Bertz CT molecular complexity index is 518. The molecule has 0 spiro atoms. The van der Waals surface area contributed by atoms with E-state index in [0.29, 0.717) is 12.0 Å². The number of aromatic nitrogens is 1. The van der Waals surface area contributed by atoms with Crippen molar-refractivity contribution >= 4 is 6.09 Å². The molecule has 2 rings (SSSR count). The van der Waals surface area contributed by atoms with Gasteiger partial charge in [-0.3, -0.25) is 4.98 Å². The average molecular weight is 298 g/mol. The Morgan fingerprint density at radius 3 is 2.76 bits per heavy atom. The van der Waals surface area contributed by atoms with Gasteiger partial charge in [0.2, 0.25) is 0 Å². The number of amides is 1. The molecule has 2 heterocycles. The summed E-state index contributed by atoms with van der Waals surface area (Å²) in [5.41, 5.74) is -0.128. The minimum Gasteiger partial charge on any atom is -0.442 e. The van der Waals surface area contributed by atoms with E-state index in [1.807, 2.05) is 0 Å². The lowest BCUT2D eigenvalue weighted by Crippen LogP contribution is -2.36. The molecule has 7 heteroatoms. The van der Waals surface area contributed by atoms with E-state index in [1.165, 1.54) is 19.4 Å². The number of hydrogen-bond acceptors (Lipinski definition) is 5. The maximum absolute atomic E-state index is 13.3. The SMILES string of the molecule is COC1CC(c2cncc(F)c2)N(C(=O)OC(C)(C)C)O1. The van der Waals surface area contributed by atoms with Crippen molar-refractivity contribution in [2.75, 3.05) is 7.11 Å². The molecule has 21 heavy (non-hydrogen) atoms. The summed E-state index contributed by atoms with van der Waals surface area (Å²) in [7, 11) is 1.48. The zero-order chi connectivity index (χ0) is 15.6. The highest BCUT2D eigenvalue weighted by atomic mass is 19.1. The first-order chi connectivity index (χ1) is 9.80. The summed E-state index contributed by atoms with van der Waals surface area (Å²) in [6.45, 7) is 5.27. The van der Waals surface area contributed by atoms with Gasteiger partial charge in [0.15, 0.2) is 6.29 Å². The zero-order valence-electron chi connectivity index (χ0n) is 12.5. The molecule has 2 unspecified atom stereocenters. The topological polar surface area (TPSA) is 60.9 Å². The van der Waals surface area contributed by atoms with Crippen LogP contribution in [-0.4, -0.2) is 35.1 Å². The fourth-order valence-electron chi connectivity index (χ4n) is 2.02. The molecule has 1 aromatic rings. The van der Waals surface area contributed by atoms with Crippen LogP contribution in [0.25, 0.3) is 0 Å². The van der Waals surface area contributed by atoms with Gasteiger partial charge in [0, 0.05) is 19.7 Å². The van der Waals surface area contributed by atoms with E-state index in [-0.39, 0.29) is 0 Å². The first-order valence-corrected chi connectivity index (χ1v) is 6.62. The molecule has 1 saturated heterocycles. The van der Waals surface area contributed by atoms with Crippen molar-refractivity contribution in [1.29, 1.82) is 0 Å². The lowest BCUT2D eigenvalue weighted by atomic mass is 10.1. The molecule has 0 aliphatic carbocycles. The van der Waals surface area contributed by atoms with Crippen LogP contribution in [0.5, 0.6) is 0 Å². The number of ether oxygens (including phenoxy) is 2. The summed E-state index contributed by atoms with van der Waals surface area (Å²) in [5, 5.41) is 1.08. The molecule has 1 amide bonds. The molecular formula is C14H19FN2O4. The highest BCUT2D eigenvalue weighted by Gasteiger charge is 2.40. The van der Waals surface area contributed by atoms with Gasteiger partial charge in [0.05, 0.1) is 12.2 Å². The van der Waals surface area contributed by atoms with Crippen molar-refractivity contribution in [2.45, 2.75) is 45.1 Å². The largest absolute Gasteiger partial charge is 0.442 e. The Morgan fingerprint density at radius 2 is 2.19 bits per heavy atom. The molecule has 1 aliphatic heterocycles. The summed E-state index contributed by atoms with van der Waals surface area (Å²) < 4.78 is 23.7. The summed E-state index contributed by atoms with van der Waals surface area (Å²) in [6, 6.07) is 0.809. The monoisotopic (exact) mass is 298 g/mol. The second-order valence-corrected chi connectivity index (χ2v) is 5.76. The number of pyridine rings is 1. The minimum atomic E-state index is -0.656. The number of hydrogen-bond donors (Lipinski definition) is 0. The molecule has 0 bridgehead atoms. The predicted octanol–water partition coefficient (Wildman–Crippen LogP) is 2.81. The van der Waals surface area contributed by atoms with Gasteiger partial charge in [-0.25, -0.2) is 14.0 Å². The van der Waals surface area contributed by atoms with Crippen molar-refractivity contribution < 1.29 is 23.5 Å². The zero-order valence-corrected chi connectivity index (χ0v) is 12.5. The first-order valence-electron chi connectivity index (χ1n) is 6.62. The first kappa shape index (κ1) is 15.7. The number of nitrogens with zero attached hydrogens (tertiary/aromatic N) is 2. The van der Waals surface area contributed by atoms with Crippen LogP contribution in [0.1, 0.15) is 38.8 Å². The van der Waals surface area contributed by atoms with Crippen LogP contribution in [0.4, 0.5) is 9.18 Å². The maximum atomic E-state index is 13.3. The quantitative estimate of drug-likeness (QED) is 0.840. The van der Waals surface area contributed by atoms with Crippen LogP contribution < -0.4 is 0 Å². The lowest BCUT2D eigenvalue weighted by Gasteiger charge is -2.26. The molecule has 1 aromatic heterocycles. The molecule has 0 aromatic carbocycles. The van der Waals surface area contributed by atoms with Gasteiger partial charge < -0.3 is 9.47 Å². The Labute approximate surface area is 122 Å². The van der Waals surface area contributed by atoms with Crippen molar-refractivity contribution in [3.8, 4) is 0 Å². The minimum absolute atomic E-state index is 0.376. The predicted molar refractivity (Wildman–Crippen MR) is 71.5 cm³/mol. The standard InChI is InChI=1S/C14H19FN2O4/c1-14(2,3)20-13(18)17-11(6-12(19-4)21-17)9-5-10(15)8-16-7-9/h5,7-8,11-12H,6H2,1-4H3. The summed E-state index contributed by atoms with van der Waals surface area (Å²) in [5.74, 6) is -0.475. The van der Waals surface area contributed by atoms with Crippen molar-refractivity contribution in [1.82, 2.24) is 10.0 Å². The van der Waals surface area contributed by atoms with E-state index in [9.17, 15) is 9.18 Å². The third-order valence-electron chi connectivity index (χ3n) is 2.88. The van der Waals surface area contributed by atoms with Gasteiger partial charge in [-0.1, -0.05) is 0 Å². The Morgan fingerprint density at radius 1 is 1.48 bits per heavy atom. The second kappa shape index (κ2) is 5.95. The van der Waals surface area contributed by atoms with Gasteiger partial charge in [-0.15, -0.1) is 0 Å². The van der Waals surface area contributed by atoms with Crippen LogP contribution in [0.3, 0.4) is 0 Å². The van der Waals surface area contributed by atoms with Gasteiger partial charge >= 0.3 is 6.09 Å². The van der Waals surface area contributed by atoms with Crippen molar-refractivity contribution in [3.05, 3.63) is 29.8 Å². The van der Waals surface area contributed by atoms with Gasteiger partial charge in [0.1, 0.15) is 11.4 Å². The van der Waals surface area contributed by atoms with Crippen LogP contribution in [0, 0.1) is 5.82 Å². The van der Waals surface area contributed by atoms with E-state index in [4.69, 9.17) is 14.3 Å². The number of carbonyl (C=O) groups is 1. The number of rotatable bonds is 2. The number of carbonyl (C=O) groups excluding carboxylic acids is 1. The Balaban J connectivity index is 2.22. The lowest BCUT2D eigenvalue weighted by molar-refractivity contribution is -0.217. The smallest absolute Gasteiger partial charge is 0.435 e. The summed E-state index contributed by atoms with van der Waals surface area (Å²) in [4.78, 5) is 21.4. The van der Waals surface area contributed by atoms with E-state index in [0.717, 1.165) is 11.3 Å². The number of hydroxylamine groups is 2. The molecular weight excluding hydrogens is 279 g/mol. The van der Waals surface area contributed by atoms with E-state index in [2.05, 4.69) is 4.98 Å². The number of halogens is 1. The molecule has 2 atom stereocenters. The highest BCUT2D eigenvalue weighted by Crippen LogP contribution is 2.35. The molecule has 0 N–H and O–H groups in total. The molecule has 116 valence electrons.